The molecule has 20 heavy (non-hydrogen) atoms. The Labute approximate surface area is 120 Å². The van der Waals surface area contributed by atoms with Crippen molar-refractivity contribution in [3.05, 3.63) is 17.2 Å². The predicted octanol–water partition coefficient (Wildman–Crippen LogP) is 3.27. The molecule has 1 aromatic rings. The summed E-state index contributed by atoms with van der Waals surface area (Å²) in [5.41, 5.74) is 5.03. The smallest absolute Gasteiger partial charge is 0.395 e. The Morgan fingerprint density at radius 2 is 1.90 bits per heavy atom. The molecule has 1 fully saturated rings. The Hall–Kier alpha value is -1.08. The molecule has 0 amide bonds. The maximum absolute atomic E-state index is 11.9. The van der Waals surface area contributed by atoms with Crippen molar-refractivity contribution in [1.82, 2.24) is 15.3 Å². The van der Waals surface area contributed by atoms with Crippen LogP contribution in [0.2, 0.25) is 5.15 Å². The van der Waals surface area contributed by atoms with Crippen LogP contribution in [-0.2, 0) is 6.18 Å². The van der Waals surface area contributed by atoms with E-state index in [0.29, 0.717) is 0 Å². The minimum Gasteiger partial charge on any atom is -0.395 e. The molecule has 0 radical (unpaired) electrons. The highest BCUT2D eigenvalue weighted by molar-refractivity contribution is 6.31. The zero-order chi connectivity index (χ0) is 15.2. The summed E-state index contributed by atoms with van der Waals surface area (Å²) in [7, 11) is 2.07. The van der Waals surface area contributed by atoms with Crippen molar-refractivity contribution in [3.63, 3.8) is 0 Å². The van der Waals surface area contributed by atoms with Crippen LogP contribution in [0.1, 0.15) is 37.9 Å². The van der Waals surface area contributed by atoms with Gasteiger partial charge in [-0.15, -0.1) is 0 Å². The SMILES string of the molecule is CNC1CCCCC1.Nc1cnc(C(F)(F)F)nc1Cl. The van der Waals surface area contributed by atoms with Crippen LogP contribution in [0.5, 0.6) is 0 Å². The Kier molecular flexibility index (Phi) is 6.48. The summed E-state index contributed by atoms with van der Waals surface area (Å²) in [4.78, 5) is 5.91. The van der Waals surface area contributed by atoms with Crippen LogP contribution < -0.4 is 11.1 Å². The van der Waals surface area contributed by atoms with Crippen molar-refractivity contribution in [2.75, 3.05) is 12.8 Å². The van der Waals surface area contributed by atoms with Crippen molar-refractivity contribution < 1.29 is 13.2 Å². The first-order chi connectivity index (χ1) is 9.34. The molecule has 0 saturated heterocycles. The fourth-order valence-corrected chi connectivity index (χ4v) is 2.03. The predicted molar refractivity (Wildman–Crippen MR) is 72.4 cm³/mol. The lowest BCUT2D eigenvalue weighted by Gasteiger charge is -2.20. The molecular formula is C12H18ClF3N4. The number of nitrogens with one attached hydrogen (secondary N) is 1. The van der Waals surface area contributed by atoms with E-state index in [4.69, 9.17) is 17.3 Å². The summed E-state index contributed by atoms with van der Waals surface area (Å²) in [6.07, 6.45) is 3.36. The number of alkyl halides is 3. The topological polar surface area (TPSA) is 63.8 Å². The second kappa shape index (κ2) is 7.64. The van der Waals surface area contributed by atoms with Crippen LogP contribution in [0.15, 0.2) is 6.20 Å². The van der Waals surface area contributed by atoms with Crippen molar-refractivity contribution in [2.24, 2.45) is 0 Å². The van der Waals surface area contributed by atoms with Gasteiger partial charge in [0.1, 0.15) is 0 Å². The van der Waals surface area contributed by atoms with Gasteiger partial charge in [0.2, 0.25) is 5.82 Å². The summed E-state index contributed by atoms with van der Waals surface area (Å²) >= 11 is 5.24. The van der Waals surface area contributed by atoms with Gasteiger partial charge in [-0.25, -0.2) is 9.97 Å². The molecule has 114 valence electrons. The van der Waals surface area contributed by atoms with Gasteiger partial charge in [-0.1, -0.05) is 30.9 Å². The van der Waals surface area contributed by atoms with Gasteiger partial charge >= 0.3 is 6.18 Å². The van der Waals surface area contributed by atoms with Gasteiger partial charge in [-0.05, 0) is 19.9 Å². The van der Waals surface area contributed by atoms with E-state index in [0.717, 1.165) is 12.2 Å². The van der Waals surface area contributed by atoms with Gasteiger partial charge in [-0.3, -0.25) is 0 Å². The number of anilines is 1. The van der Waals surface area contributed by atoms with E-state index in [-0.39, 0.29) is 5.69 Å². The zero-order valence-electron chi connectivity index (χ0n) is 11.2. The molecule has 0 unspecified atom stereocenters. The van der Waals surface area contributed by atoms with E-state index in [2.05, 4.69) is 22.3 Å². The minimum atomic E-state index is -4.59. The molecular weight excluding hydrogens is 293 g/mol. The maximum Gasteiger partial charge on any atom is 0.451 e. The van der Waals surface area contributed by atoms with Crippen molar-refractivity contribution >= 4 is 17.3 Å². The van der Waals surface area contributed by atoms with Crippen molar-refractivity contribution in [1.29, 1.82) is 0 Å². The van der Waals surface area contributed by atoms with Crippen molar-refractivity contribution in [2.45, 2.75) is 44.3 Å². The summed E-state index contributed by atoms with van der Waals surface area (Å²) in [5.74, 6) is -1.29. The Balaban J connectivity index is 0.000000217. The minimum absolute atomic E-state index is 0.0790. The highest BCUT2D eigenvalue weighted by atomic mass is 35.5. The Bertz CT molecular complexity index is 420. The van der Waals surface area contributed by atoms with E-state index in [9.17, 15) is 13.2 Å². The number of aromatic nitrogens is 2. The molecule has 0 aliphatic heterocycles. The third kappa shape index (κ3) is 5.50. The average molecular weight is 311 g/mol. The van der Waals surface area contributed by atoms with E-state index in [1.807, 2.05) is 0 Å². The van der Waals surface area contributed by atoms with Gasteiger partial charge in [0.25, 0.3) is 0 Å². The summed E-state index contributed by atoms with van der Waals surface area (Å²) in [6, 6.07) is 0.837. The molecule has 3 N–H and O–H groups in total. The second-order valence-corrected chi connectivity index (χ2v) is 4.92. The molecule has 0 aromatic carbocycles. The van der Waals surface area contributed by atoms with Gasteiger partial charge < -0.3 is 11.1 Å². The fraction of sp³-hybridized carbons (Fsp3) is 0.667. The molecule has 0 spiro atoms. The molecule has 1 saturated carbocycles. The first kappa shape index (κ1) is 17.0. The third-order valence-corrected chi connectivity index (χ3v) is 3.34. The molecule has 1 aromatic heterocycles. The molecule has 2 rings (SSSR count). The Morgan fingerprint density at radius 3 is 2.30 bits per heavy atom. The first-order valence-electron chi connectivity index (χ1n) is 6.37. The van der Waals surface area contributed by atoms with Gasteiger partial charge in [-0.2, -0.15) is 13.2 Å². The monoisotopic (exact) mass is 310 g/mol. The summed E-state index contributed by atoms with van der Waals surface area (Å²) in [6.45, 7) is 0. The number of nitrogens with zero attached hydrogens (tertiary/aromatic N) is 2. The second-order valence-electron chi connectivity index (χ2n) is 4.56. The van der Waals surface area contributed by atoms with Crippen LogP contribution in [0.4, 0.5) is 18.9 Å². The lowest BCUT2D eigenvalue weighted by molar-refractivity contribution is -0.144. The van der Waals surface area contributed by atoms with E-state index >= 15 is 0 Å². The van der Waals surface area contributed by atoms with Crippen LogP contribution in [0.3, 0.4) is 0 Å². The zero-order valence-corrected chi connectivity index (χ0v) is 11.9. The normalized spacial score (nSPS) is 16.4. The Morgan fingerprint density at radius 1 is 1.30 bits per heavy atom. The van der Waals surface area contributed by atoms with Crippen LogP contribution >= 0.6 is 11.6 Å². The summed E-state index contributed by atoms with van der Waals surface area (Å²) in [5, 5.41) is 2.91. The summed E-state index contributed by atoms with van der Waals surface area (Å²) < 4.78 is 35.6. The van der Waals surface area contributed by atoms with E-state index in [1.54, 1.807) is 0 Å². The molecule has 0 atom stereocenters. The van der Waals surface area contributed by atoms with Crippen LogP contribution in [0, 0.1) is 0 Å². The number of nitrogens with two attached hydrogens (primary N) is 1. The molecule has 8 heteroatoms. The first-order valence-corrected chi connectivity index (χ1v) is 6.75. The number of halogens is 4. The highest BCUT2D eigenvalue weighted by Crippen LogP contribution is 2.27. The van der Waals surface area contributed by atoms with Gasteiger partial charge in [0, 0.05) is 6.04 Å². The quantitative estimate of drug-likeness (QED) is 0.781. The highest BCUT2D eigenvalue weighted by Gasteiger charge is 2.34. The number of hydrogen-bond donors (Lipinski definition) is 2. The van der Waals surface area contributed by atoms with E-state index < -0.39 is 17.2 Å². The van der Waals surface area contributed by atoms with E-state index in [1.165, 1.54) is 32.1 Å². The molecule has 1 aliphatic carbocycles. The molecule has 1 aliphatic rings. The van der Waals surface area contributed by atoms with Crippen LogP contribution in [-0.4, -0.2) is 23.1 Å². The van der Waals surface area contributed by atoms with Crippen molar-refractivity contribution in [3.8, 4) is 0 Å². The molecule has 4 nitrogen and oxygen atoms in total. The number of nitrogen functional groups attached to an aromatic ring is 1. The maximum atomic E-state index is 11.9. The fourth-order valence-electron chi connectivity index (χ4n) is 1.90. The average Bonchev–Trinajstić information content (AvgIpc) is 2.42. The lowest BCUT2D eigenvalue weighted by atomic mass is 9.96. The number of rotatable bonds is 1. The van der Waals surface area contributed by atoms with Gasteiger partial charge in [0.05, 0.1) is 11.9 Å². The molecule has 1 heterocycles. The standard InChI is InChI=1S/C7H15N.C5H3ClF3N3/c1-8-7-5-3-2-4-6-7;6-3-2(10)1-11-4(12-3)5(7,8)9/h7-8H,2-6H2,1H3;1H,10H2. The molecule has 0 bridgehead atoms. The third-order valence-electron chi connectivity index (χ3n) is 3.04. The number of hydrogen-bond acceptors (Lipinski definition) is 4. The largest absolute Gasteiger partial charge is 0.451 e. The lowest BCUT2D eigenvalue weighted by Crippen LogP contribution is -2.26. The van der Waals surface area contributed by atoms with Crippen LogP contribution in [0.25, 0.3) is 0 Å². The van der Waals surface area contributed by atoms with Gasteiger partial charge in [0.15, 0.2) is 5.15 Å².